The lowest BCUT2D eigenvalue weighted by atomic mass is 10.0. The molecule has 0 atom stereocenters. The number of benzene rings is 2. The van der Waals surface area contributed by atoms with Gasteiger partial charge in [-0.3, -0.25) is 14.9 Å². The fourth-order valence-corrected chi connectivity index (χ4v) is 3.03. The molecule has 0 spiro atoms. The summed E-state index contributed by atoms with van der Waals surface area (Å²) < 4.78 is 0. The lowest BCUT2D eigenvalue weighted by Gasteiger charge is -2.05. The Morgan fingerprint density at radius 1 is 1.17 bits per heavy atom. The van der Waals surface area contributed by atoms with Crippen LogP contribution in [0.1, 0.15) is 10.4 Å². The molecule has 24 heavy (non-hydrogen) atoms. The zero-order valence-electron chi connectivity index (χ0n) is 12.5. The molecule has 0 aliphatic carbocycles. The molecule has 1 N–H and O–H groups in total. The second kappa shape index (κ2) is 7.01. The maximum absolute atomic E-state index is 12.0. The summed E-state index contributed by atoms with van der Waals surface area (Å²) in [4.78, 5) is 22.8. The Hall–Kier alpha value is -3.06. The first-order valence-electron chi connectivity index (χ1n) is 7.16. The zero-order chi connectivity index (χ0) is 16.9. The molecule has 2 aromatic carbocycles. The van der Waals surface area contributed by atoms with E-state index >= 15 is 0 Å². The standard InChI is InChI=1S/C17H13N3O3S/c21-16(19-18-11-14-8-9-17(24-14)20(22)23)10-13-6-3-5-12-4-1-2-7-15(12)13/h1-9,11H,10H2,(H,19,21). The van der Waals surface area contributed by atoms with Crippen molar-refractivity contribution in [2.24, 2.45) is 5.10 Å². The Balaban J connectivity index is 1.64. The van der Waals surface area contributed by atoms with Gasteiger partial charge < -0.3 is 0 Å². The zero-order valence-corrected chi connectivity index (χ0v) is 13.3. The molecule has 3 rings (SSSR count). The van der Waals surface area contributed by atoms with Gasteiger partial charge in [-0.15, -0.1) is 0 Å². The number of hydrazone groups is 1. The van der Waals surface area contributed by atoms with Gasteiger partial charge in [0.05, 0.1) is 22.4 Å². The van der Waals surface area contributed by atoms with Gasteiger partial charge in [-0.2, -0.15) is 5.10 Å². The fraction of sp³-hybridized carbons (Fsp3) is 0.0588. The van der Waals surface area contributed by atoms with Gasteiger partial charge in [0, 0.05) is 6.07 Å². The van der Waals surface area contributed by atoms with Gasteiger partial charge in [0.2, 0.25) is 5.91 Å². The SMILES string of the molecule is O=C(Cc1cccc2ccccc12)NN=Cc1ccc([N+](=O)[O-])s1. The van der Waals surface area contributed by atoms with E-state index in [-0.39, 0.29) is 17.3 Å². The molecule has 3 aromatic rings. The minimum Gasteiger partial charge on any atom is -0.273 e. The molecule has 0 bridgehead atoms. The second-order valence-corrected chi connectivity index (χ2v) is 6.14. The smallest absolute Gasteiger partial charge is 0.273 e. The molecule has 6 nitrogen and oxygen atoms in total. The van der Waals surface area contributed by atoms with Crippen molar-refractivity contribution in [1.82, 2.24) is 5.43 Å². The van der Waals surface area contributed by atoms with Crippen LogP contribution in [-0.4, -0.2) is 17.0 Å². The summed E-state index contributed by atoms with van der Waals surface area (Å²) in [6.45, 7) is 0. The molecule has 0 fully saturated rings. The van der Waals surface area contributed by atoms with Crippen LogP contribution in [0.2, 0.25) is 0 Å². The van der Waals surface area contributed by atoms with Crippen LogP contribution >= 0.6 is 11.3 Å². The van der Waals surface area contributed by atoms with Crippen LogP contribution in [0.15, 0.2) is 59.7 Å². The van der Waals surface area contributed by atoms with Gasteiger partial charge in [0.15, 0.2) is 0 Å². The minimum absolute atomic E-state index is 0.0403. The molecule has 1 heterocycles. The highest BCUT2D eigenvalue weighted by molar-refractivity contribution is 7.16. The number of fused-ring (bicyclic) bond motifs is 1. The van der Waals surface area contributed by atoms with Crippen molar-refractivity contribution >= 4 is 39.2 Å². The Morgan fingerprint density at radius 3 is 2.75 bits per heavy atom. The number of nitrogens with one attached hydrogen (secondary N) is 1. The summed E-state index contributed by atoms with van der Waals surface area (Å²) in [5, 5.41) is 16.6. The van der Waals surface area contributed by atoms with Crippen molar-refractivity contribution in [3.63, 3.8) is 0 Å². The van der Waals surface area contributed by atoms with E-state index in [1.54, 1.807) is 6.07 Å². The number of hydrogen-bond donors (Lipinski definition) is 1. The molecule has 1 aromatic heterocycles. The number of rotatable bonds is 5. The van der Waals surface area contributed by atoms with Crippen LogP contribution < -0.4 is 5.43 Å². The second-order valence-electron chi connectivity index (χ2n) is 5.04. The van der Waals surface area contributed by atoms with E-state index < -0.39 is 4.92 Å². The Bertz CT molecular complexity index is 928. The molecule has 0 unspecified atom stereocenters. The molecular formula is C17H13N3O3S. The van der Waals surface area contributed by atoms with Crippen molar-refractivity contribution in [2.75, 3.05) is 0 Å². The molecule has 0 saturated carbocycles. The predicted octanol–water partition coefficient (Wildman–Crippen LogP) is 3.50. The number of carbonyl (C=O) groups excluding carboxylic acids is 1. The molecule has 1 amide bonds. The molecule has 0 aliphatic rings. The largest absolute Gasteiger partial charge is 0.324 e. The normalized spacial score (nSPS) is 11.0. The van der Waals surface area contributed by atoms with Crippen LogP contribution in [0.25, 0.3) is 10.8 Å². The van der Waals surface area contributed by atoms with Crippen LogP contribution in [0.3, 0.4) is 0 Å². The molecule has 0 radical (unpaired) electrons. The van der Waals surface area contributed by atoms with Crippen LogP contribution in [0, 0.1) is 10.1 Å². The average Bonchev–Trinajstić information content (AvgIpc) is 3.04. The van der Waals surface area contributed by atoms with Crippen molar-refractivity contribution in [3.8, 4) is 0 Å². The quantitative estimate of drug-likeness (QED) is 0.438. The number of hydrogen-bond acceptors (Lipinski definition) is 5. The maximum Gasteiger partial charge on any atom is 0.324 e. The third kappa shape index (κ3) is 3.64. The summed E-state index contributed by atoms with van der Waals surface area (Å²) in [7, 11) is 0. The topological polar surface area (TPSA) is 84.6 Å². The monoisotopic (exact) mass is 339 g/mol. The van der Waals surface area contributed by atoms with Gasteiger partial charge in [-0.05, 0) is 22.4 Å². The van der Waals surface area contributed by atoms with Crippen molar-refractivity contribution in [1.29, 1.82) is 0 Å². The van der Waals surface area contributed by atoms with Gasteiger partial charge in [-0.1, -0.05) is 53.8 Å². The van der Waals surface area contributed by atoms with Gasteiger partial charge >= 0.3 is 5.00 Å². The van der Waals surface area contributed by atoms with Crippen molar-refractivity contribution in [3.05, 3.63) is 75.2 Å². The number of thiophene rings is 1. The number of amides is 1. The Morgan fingerprint density at radius 2 is 1.96 bits per heavy atom. The van der Waals surface area contributed by atoms with E-state index in [0.29, 0.717) is 4.88 Å². The fourth-order valence-electron chi connectivity index (χ4n) is 2.34. The highest BCUT2D eigenvalue weighted by atomic mass is 32.1. The van der Waals surface area contributed by atoms with Crippen LogP contribution in [0.5, 0.6) is 0 Å². The summed E-state index contributed by atoms with van der Waals surface area (Å²) >= 11 is 0.999. The van der Waals surface area contributed by atoms with Gasteiger partial charge in [0.25, 0.3) is 0 Å². The minimum atomic E-state index is -0.457. The first kappa shape index (κ1) is 15.8. The molecular weight excluding hydrogens is 326 g/mol. The number of nitro groups is 1. The predicted molar refractivity (Wildman–Crippen MR) is 94.4 cm³/mol. The van der Waals surface area contributed by atoms with Crippen LogP contribution in [-0.2, 0) is 11.2 Å². The first-order chi connectivity index (χ1) is 11.6. The van der Waals surface area contributed by atoms with E-state index in [1.165, 1.54) is 12.3 Å². The third-order valence-electron chi connectivity index (χ3n) is 3.40. The highest BCUT2D eigenvalue weighted by Crippen LogP contribution is 2.22. The highest BCUT2D eigenvalue weighted by Gasteiger charge is 2.09. The van der Waals surface area contributed by atoms with Crippen LogP contribution in [0.4, 0.5) is 5.00 Å². The Kier molecular flexibility index (Phi) is 4.62. The van der Waals surface area contributed by atoms with Gasteiger partial charge in [0.1, 0.15) is 0 Å². The molecule has 0 aliphatic heterocycles. The first-order valence-corrected chi connectivity index (χ1v) is 7.98. The van der Waals surface area contributed by atoms with E-state index in [1.807, 2.05) is 42.5 Å². The van der Waals surface area contributed by atoms with Gasteiger partial charge in [-0.25, -0.2) is 5.43 Å². The molecule has 0 saturated heterocycles. The number of nitrogens with zero attached hydrogens (tertiary/aromatic N) is 2. The lowest BCUT2D eigenvalue weighted by Crippen LogP contribution is -2.19. The third-order valence-corrected chi connectivity index (χ3v) is 4.38. The summed E-state index contributed by atoms with van der Waals surface area (Å²) in [6.07, 6.45) is 1.61. The average molecular weight is 339 g/mol. The van der Waals surface area contributed by atoms with E-state index in [2.05, 4.69) is 10.5 Å². The van der Waals surface area contributed by atoms with Crippen molar-refractivity contribution in [2.45, 2.75) is 6.42 Å². The summed E-state index contributed by atoms with van der Waals surface area (Å²) in [5.74, 6) is -0.242. The summed E-state index contributed by atoms with van der Waals surface area (Å²) in [6, 6.07) is 16.7. The van der Waals surface area contributed by atoms with Crippen molar-refractivity contribution < 1.29 is 9.72 Å². The van der Waals surface area contributed by atoms with E-state index in [0.717, 1.165) is 27.7 Å². The molecule has 7 heteroatoms. The maximum atomic E-state index is 12.0. The van der Waals surface area contributed by atoms with E-state index in [4.69, 9.17) is 0 Å². The Labute approximate surface area is 141 Å². The number of carbonyl (C=O) groups is 1. The van der Waals surface area contributed by atoms with E-state index in [9.17, 15) is 14.9 Å². The lowest BCUT2D eigenvalue weighted by molar-refractivity contribution is -0.380. The molecule has 120 valence electrons. The summed E-state index contributed by atoms with van der Waals surface area (Å²) in [5.41, 5.74) is 3.37.